The topological polar surface area (TPSA) is 59.4 Å². The van der Waals surface area contributed by atoms with E-state index in [4.69, 9.17) is 4.74 Å². The van der Waals surface area contributed by atoms with Crippen molar-refractivity contribution >= 4 is 34.7 Å². The molecule has 27 heavy (non-hydrogen) atoms. The second-order valence-electron chi connectivity index (χ2n) is 6.46. The van der Waals surface area contributed by atoms with Crippen LogP contribution in [0.15, 0.2) is 76.7 Å². The van der Waals surface area contributed by atoms with Gasteiger partial charge in [0.05, 0.1) is 18.0 Å². The van der Waals surface area contributed by atoms with Gasteiger partial charge in [0.1, 0.15) is 6.10 Å². The predicted octanol–water partition coefficient (Wildman–Crippen LogP) is 4.47. The molecule has 1 aliphatic heterocycles. The molecule has 0 bridgehead atoms. The van der Waals surface area contributed by atoms with Gasteiger partial charge in [-0.2, -0.15) is 0 Å². The predicted molar refractivity (Wildman–Crippen MR) is 106 cm³/mol. The summed E-state index contributed by atoms with van der Waals surface area (Å²) in [6, 6.07) is 18.2. The summed E-state index contributed by atoms with van der Waals surface area (Å²) in [6.07, 6.45) is 5.03. The van der Waals surface area contributed by atoms with Crippen LogP contribution in [0.4, 0.5) is 0 Å². The van der Waals surface area contributed by atoms with Crippen molar-refractivity contribution in [2.24, 2.45) is 0 Å². The minimum absolute atomic E-state index is 0.0664. The number of aliphatic hydroxyl groups excluding tert-OH is 1. The van der Waals surface area contributed by atoms with Crippen LogP contribution >= 0.6 is 11.8 Å². The van der Waals surface area contributed by atoms with Crippen LogP contribution in [0.3, 0.4) is 0 Å². The molecule has 0 spiro atoms. The molecule has 1 saturated heterocycles. The number of benzene rings is 2. The Kier molecular flexibility index (Phi) is 5.23. The lowest BCUT2D eigenvalue weighted by Gasteiger charge is -2.23. The Hall–Kier alpha value is -2.63. The molecule has 2 heterocycles. The van der Waals surface area contributed by atoms with Crippen molar-refractivity contribution in [2.45, 2.75) is 34.8 Å². The molecule has 0 saturated carbocycles. The normalized spacial score (nSPS) is 20.1. The van der Waals surface area contributed by atoms with E-state index in [2.05, 4.69) is 23.2 Å². The zero-order valence-corrected chi connectivity index (χ0v) is 15.4. The number of ether oxygens (including phenoxy) is 1. The lowest BCUT2D eigenvalue weighted by atomic mass is 10.0. The van der Waals surface area contributed by atoms with E-state index in [1.165, 1.54) is 0 Å². The van der Waals surface area contributed by atoms with E-state index in [1.807, 2.05) is 54.7 Å². The highest BCUT2D eigenvalue weighted by Crippen LogP contribution is 2.36. The maximum atomic E-state index is 11.5. The van der Waals surface area contributed by atoms with Crippen LogP contribution < -0.4 is 0 Å². The number of hydrogen-bond donors (Lipinski definition) is 1. The number of cyclic esters (lactones) is 1. The Morgan fingerprint density at radius 1 is 1.11 bits per heavy atom. The highest BCUT2D eigenvalue weighted by Gasteiger charge is 2.25. The molecule has 0 unspecified atom stereocenters. The number of pyridine rings is 1. The Morgan fingerprint density at radius 3 is 2.70 bits per heavy atom. The highest BCUT2D eigenvalue weighted by molar-refractivity contribution is 7.99. The summed E-state index contributed by atoms with van der Waals surface area (Å²) in [5, 5.41) is 10.9. The number of carbonyl (C=O) groups is 1. The first kappa shape index (κ1) is 17.8. The standard InChI is InChI=1S/C22H19NO3S/c24-16-12-17(26-21(25)13-16)11-10-15-14-23-20-9-5-4-8-19(20)22(15)27-18-6-2-1-3-7-18/h1-11,14,16-17,24H,12-13H2/b11-10+/t16-,17-/m1/s1. The van der Waals surface area contributed by atoms with Crippen LogP contribution in [0.1, 0.15) is 18.4 Å². The first-order valence-electron chi connectivity index (χ1n) is 8.85. The minimum Gasteiger partial charge on any atom is -0.458 e. The summed E-state index contributed by atoms with van der Waals surface area (Å²) in [4.78, 5) is 18.3. The zero-order chi connectivity index (χ0) is 18.6. The molecule has 0 amide bonds. The Balaban J connectivity index is 1.70. The average molecular weight is 377 g/mol. The van der Waals surface area contributed by atoms with Crippen LogP contribution in [0.25, 0.3) is 17.0 Å². The lowest BCUT2D eigenvalue weighted by Crippen LogP contribution is -2.31. The molecule has 2 atom stereocenters. The van der Waals surface area contributed by atoms with E-state index in [-0.39, 0.29) is 12.4 Å². The van der Waals surface area contributed by atoms with Crippen molar-refractivity contribution in [3.63, 3.8) is 0 Å². The van der Waals surface area contributed by atoms with Crippen LogP contribution in [0.5, 0.6) is 0 Å². The Labute approximate surface area is 161 Å². The van der Waals surface area contributed by atoms with Gasteiger partial charge in [-0.25, -0.2) is 0 Å². The van der Waals surface area contributed by atoms with Crippen LogP contribution in [0, 0.1) is 0 Å². The first-order chi connectivity index (χ1) is 13.2. The molecular formula is C22H19NO3S. The number of aromatic nitrogens is 1. The smallest absolute Gasteiger partial charge is 0.309 e. The summed E-state index contributed by atoms with van der Waals surface area (Å²) in [7, 11) is 0. The van der Waals surface area contributed by atoms with Crippen molar-refractivity contribution in [3.8, 4) is 0 Å². The van der Waals surface area contributed by atoms with Gasteiger partial charge in [-0.3, -0.25) is 9.78 Å². The largest absolute Gasteiger partial charge is 0.458 e. The summed E-state index contributed by atoms with van der Waals surface area (Å²) >= 11 is 1.68. The Morgan fingerprint density at radius 2 is 1.89 bits per heavy atom. The maximum absolute atomic E-state index is 11.5. The molecule has 1 aliphatic rings. The molecule has 0 aliphatic carbocycles. The van der Waals surface area contributed by atoms with Gasteiger partial charge in [0.15, 0.2) is 0 Å². The van der Waals surface area contributed by atoms with E-state index in [9.17, 15) is 9.90 Å². The molecule has 1 fully saturated rings. The number of para-hydroxylation sites is 1. The minimum atomic E-state index is -0.645. The monoisotopic (exact) mass is 377 g/mol. The molecule has 1 aromatic heterocycles. The average Bonchev–Trinajstić information content (AvgIpc) is 2.67. The van der Waals surface area contributed by atoms with Gasteiger partial charge < -0.3 is 9.84 Å². The van der Waals surface area contributed by atoms with Gasteiger partial charge in [0.2, 0.25) is 0 Å². The fourth-order valence-corrected chi connectivity index (χ4v) is 4.16. The number of carbonyl (C=O) groups excluding carboxylic acids is 1. The van der Waals surface area contributed by atoms with E-state index in [0.29, 0.717) is 6.42 Å². The highest BCUT2D eigenvalue weighted by atomic mass is 32.2. The summed E-state index contributed by atoms with van der Waals surface area (Å²) in [6.45, 7) is 0. The van der Waals surface area contributed by atoms with Crippen molar-refractivity contribution in [1.29, 1.82) is 0 Å². The van der Waals surface area contributed by atoms with E-state index >= 15 is 0 Å². The molecule has 4 nitrogen and oxygen atoms in total. The number of esters is 1. The van der Waals surface area contributed by atoms with Gasteiger partial charge >= 0.3 is 5.97 Å². The molecule has 3 aromatic rings. The SMILES string of the molecule is O=C1C[C@H](O)C[C@@H](/C=C/c2cnc3ccccc3c2Sc2ccccc2)O1. The van der Waals surface area contributed by atoms with Gasteiger partial charge in [-0.1, -0.05) is 54.2 Å². The molecule has 0 radical (unpaired) electrons. The van der Waals surface area contributed by atoms with Gasteiger partial charge in [0.25, 0.3) is 0 Å². The quantitative estimate of drug-likeness (QED) is 0.680. The van der Waals surface area contributed by atoms with Gasteiger partial charge in [0, 0.05) is 33.4 Å². The summed E-state index contributed by atoms with van der Waals surface area (Å²) in [5.74, 6) is -0.362. The third-order valence-corrected chi connectivity index (χ3v) is 5.56. The fraction of sp³-hybridized carbons (Fsp3) is 0.182. The number of fused-ring (bicyclic) bond motifs is 1. The van der Waals surface area contributed by atoms with Crippen molar-refractivity contribution in [3.05, 3.63) is 72.4 Å². The van der Waals surface area contributed by atoms with Crippen LogP contribution in [-0.4, -0.2) is 28.3 Å². The number of nitrogens with zero attached hydrogens (tertiary/aromatic N) is 1. The zero-order valence-electron chi connectivity index (χ0n) is 14.6. The second kappa shape index (κ2) is 7.94. The van der Waals surface area contributed by atoms with Crippen molar-refractivity contribution in [2.75, 3.05) is 0 Å². The molecule has 1 N–H and O–H groups in total. The van der Waals surface area contributed by atoms with E-state index in [0.717, 1.165) is 26.3 Å². The van der Waals surface area contributed by atoms with E-state index < -0.39 is 12.2 Å². The van der Waals surface area contributed by atoms with Gasteiger partial charge in [-0.05, 0) is 24.3 Å². The van der Waals surface area contributed by atoms with Crippen LogP contribution in [0.2, 0.25) is 0 Å². The summed E-state index contributed by atoms with van der Waals surface area (Å²) in [5.41, 5.74) is 1.89. The Bertz CT molecular complexity index is 987. The molecule has 2 aromatic carbocycles. The fourth-order valence-electron chi connectivity index (χ4n) is 3.11. The lowest BCUT2D eigenvalue weighted by molar-refractivity contribution is -0.156. The number of rotatable bonds is 4. The third kappa shape index (κ3) is 4.21. The molecule has 4 rings (SSSR count). The number of hydrogen-bond acceptors (Lipinski definition) is 5. The number of aliphatic hydroxyl groups is 1. The first-order valence-corrected chi connectivity index (χ1v) is 9.67. The molecule has 5 heteroatoms. The van der Waals surface area contributed by atoms with Gasteiger partial charge in [-0.15, -0.1) is 0 Å². The maximum Gasteiger partial charge on any atom is 0.309 e. The summed E-state index contributed by atoms with van der Waals surface area (Å²) < 4.78 is 5.31. The van der Waals surface area contributed by atoms with Crippen LogP contribution in [-0.2, 0) is 9.53 Å². The second-order valence-corrected chi connectivity index (χ2v) is 7.54. The molecule has 136 valence electrons. The van der Waals surface area contributed by atoms with Crippen molar-refractivity contribution in [1.82, 2.24) is 4.98 Å². The third-order valence-electron chi connectivity index (χ3n) is 4.40. The van der Waals surface area contributed by atoms with E-state index in [1.54, 1.807) is 11.8 Å². The van der Waals surface area contributed by atoms with Crippen molar-refractivity contribution < 1.29 is 14.6 Å². The molecular weight excluding hydrogens is 358 g/mol.